The number of amides is 1. The molecule has 0 spiro atoms. The van der Waals surface area contributed by atoms with Gasteiger partial charge in [0.05, 0.1) is 7.11 Å². The zero-order valence-electron chi connectivity index (χ0n) is 11.4. The van der Waals surface area contributed by atoms with Gasteiger partial charge in [0.15, 0.2) is 5.69 Å². The number of carbonyl (C=O) groups excluding carboxylic acids is 1. The number of hydrogen-bond donors (Lipinski definition) is 0. The molecule has 1 saturated heterocycles. The molecule has 2 heterocycles. The highest BCUT2D eigenvalue weighted by molar-refractivity contribution is 9.09. The quantitative estimate of drug-likeness (QED) is 0.795. The van der Waals surface area contributed by atoms with Gasteiger partial charge in [0, 0.05) is 31.0 Å². The molecule has 6 heteroatoms. The molecular formula is C13H20BrN3O2. The van der Waals surface area contributed by atoms with Crippen LogP contribution in [0.2, 0.25) is 0 Å². The predicted octanol–water partition coefficient (Wildman–Crippen LogP) is 2.21. The van der Waals surface area contributed by atoms with Gasteiger partial charge >= 0.3 is 0 Å². The van der Waals surface area contributed by atoms with Gasteiger partial charge in [-0.1, -0.05) is 15.9 Å². The normalized spacial score (nSPS) is 19.5. The van der Waals surface area contributed by atoms with Crippen molar-refractivity contribution < 1.29 is 9.53 Å². The molecule has 1 aromatic heterocycles. The van der Waals surface area contributed by atoms with Crippen LogP contribution in [0.15, 0.2) is 6.07 Å². The maximum atomic E-state index is 12.5. The topological polar surface area (TPSA) is 47.4 Å². The third-order valence-electron chi connectivity index (χ3n) is 3.60. The van der Waals surface area contributed by atoms with Crippen LogP contribution in [-0.4, -0.2) is 45.6 Å². The van der Waals surface area contributed by atoms with E-state index in [2.05, 4.69) is 21.0 Å². The van der Waals surface area contributed by atoms with Crippen LogP contribution in [0.3, 0.4) is 0 Å². The summed E-state index contributed by atoms with van der Waals surface area (Å²) in [6.45, 7) is 0.829. The van der Waals surface area contributed by atoms with E-state index in [9.17, 15) is 4.79 Å². The molecule has 0 N–H and O–H groups in total. The lowest BCUT2D eigenvalue weighted by Crippen LogP contribution is -2.44. The Morgan fingerprint density at radius 2 is 2.37 bits per heavy atom. The number of aromatic nitrogens is 2. The highest BCUT2D eigenvalue weighted by Gasteiger charge is 2.28. The third-order valence-corrected chi connectivity index (χ3v) is 4.05. The van der Waals surface area contributed by atoms with E-state index in [1.165, 1.54) is 6.42 Å². The number of carbonyl (C=O) groups is 1. The Balaban J connectivity index is 2.16. The van der Waals surface area contributed by atoms with Gasteiger partial charge in [0.2, 0.25) is 5.88 Å². The lowest BCUT2D eigenvalue weighted by atomic mass is 9.99. The highest BCUT2D eigenvalue weighted by atomic mass is 79.9. The lowest BCUT2D eigenvalue weighted by molar-refractivity contribution is 0.0603. The van der Waals surface area contributed by atoms with Crippen LogP contribution in [0.25, 0.3) is 0 Å². The SMILES string of the molecule is COc1cc(C(=O)N2CCCCC2CCBr)nn1C. The minimum absolute atomic E-state index is 0.0181. The van der Waals surface area contributed by atoms with Gasteiger partial charge in [0.1, 0.15) is 0 Å². The van der Waals surface area contributed by atoms with Crippen molar-refractivity contribution in [1.29, 1.82) is 0 Å². The van der Waals surface area contributed by atoms with E-state index in [-0.39, 0.29) is 5.91 Å². The predicted molar refractivity (Wildman–Crippen MR) is 76.8 cm³/mol. The Labute approximate surface area is 122 Å². The molecule has 0 saturated carbocycles. The number of aryl methyl sites for hydroxylation is 1. The van der Waals surface area contributed by atoms with E-state index < -0.39 is 0 Å². The Bertz CT molecular complexity index is 445. The Morgan fingerprint density at radius 1 is 1.58 bits per heavy atom. The van der Waals surface area contributed by atoms with E-state index in [1.807, 2.05) is 4.90 Å². The van der Waals surface area contributed by atoms with E-state index in [1.54, 1.807) is 24.9 Å². The van der Waals surface area contributed by atoms with E-state index in [0.29, 0.717) is 17.6 Å². The summed E-state index contributed by atoms with van der Waals surface area (Å²) < 4.78 is 6.75. The molecule has 19 heavy (non-hydrogen) atoms. The average molecular weight is 330 g/mol. The number of ether oxygens (including phenoxy) is 1. The smallest absolute Gasteiger partial charge is 0.274 e. The van der Waals surface area contributed by atoms with Crippen molar-refractivity contribution in [3.63, 3.8) is 0 Å². The molecule has 1 fully saturated rings. The monoisotopic (exact) mass is 329 g/mol. The second-order valence-corrected chi connectivity index (χ2v) is 5.61. The molecule has 1 aromatic rings. The summed E-state index contributed by atoms with van der Waals surface area (Å²) in [6.07, 6.45) is 4.36. The number of nitrogens with zero attached hydrogens (tertiary/aromatic N) is 3. The summed E-state index contributed by atoms with van der Waals surface area (Å²) in [4.78, 5) is 14.5. The molecule has 1 unspecified atom stereocenters. The van der Waals surface area contributed by atoms with Gasteiger partial charge in [-0.15, -0.1) is 0 Å². The number of halogens is 1. The van der Waals surface area contributed by atoms with Gasteiger partial charge in [-0.25, -0.2) is 4.68 Å². The molecule has 2 rings (SSSR count). The first-order valence-corrected chi connectivity index (χ1v) is 7.74. The number of rotatable bonds is 4. The largest absolute Gasteiger partial charge is 0.481 e. The fourth-order valence-corrected chi connectivity index (χ4v) is 3.12. The summed E-state index contributed by atoms with van der Waals surface area (Å²) in [6, 6.07) is 2.04. The summed E-state index contributed by atoms with van der Waals surface area (Å²) in [5, 5.41) is 5.16. The van der Waals surface area contributed by atoms with Gasteiger partial charge in [-0.2, -0.15) is 5.10 Å². The Morgan fingerprint density at radius 3 is 3.00 bits per heavy atom. The van der Waals surface area contributed by atoms with E-state index >= 15 is 0 Å². The van der Waals surface area contributed by atoms with E-state index in [0.717, 1.165) is 31.1 Å². The molecule has 0 aromatic carbocycles. The number of likely N-dealkylation sites (tertiary alicyclic amines) is 1. The first-order valence-electron chi connectivity index (χ1n) is 6.62. The summed E-state index contributed by atoms with van der Waals surface area (Å²) in [7, 11) is 3.36. The number of methoxy groups -OCH3 is 1. The molecular weight excluding hydrogens is 310 g/mol. The number of alkyl halides is 1. The van der Waals surface area contributed by atoms with Gasteiger partial charge < -0.3 is 9.64 Å². The second-order valence-electron chi connectivity index (χ2n) is 4.82. The maximum absolute atomic E-state index is 12.5. The van der Waals surface area contributed by atoms with Gasteiger partial charge in [-0.05, 0) is 25.7 Å². The molecule has 1 amide bonds. The van der Waals surface area contributed by atoms with Crippen LogP contribution < -0.4 is 4.74 Å². The van der Waals surface area contributed by atoms with Crippen LogP contribution in [0.5, 0.6) is 5.88 Å². The van der Waals surface area contributed by atoms with Gasteiger partial charge in [-0.3, -0.25) is 4.79 Å². The minimum atomic E-state index is 0.0181. The molecule has 5 nitrogen and oxygen atoms in total. The summed E-state index contributed by atoms with van der Waals surface area (Å²) >= 11 is 3.47. The minimum Gasteiger partial charge on any atom is -0.481 e. The first kappa shape index (κ1) is 14.4. The van der Waals surface area contributed by atoms with Crippen molar-refractivity contribution >= 4 is 21.8 Å². The van der Waals surface area contributed by atoms with Crippen LogP contribution in [-0.2, 0) is 7.05 Å². The van der Waals surface area contributed by atoms with Crippen molar-refractivity contribution in [3.8, 4) is 5.88 Å². The molecule has 0 aliphatic carbocycles. The van der Waals surface area contributed by atoms with Crippen LogP contribution in [0, 0.1) is 0 Å². The molecule has 0 bridgehead atoms. The maximum Gasteiger partial charge on any atom is 0.274 e. The zero-order chi connectivity index (χ0) is 13.8. The Hall–Kier alpha value is -1.04. The zero-order valence-corrected chi connectivity index (χ0v) is 13.0. The molecule has 1 aliphatic heterocycles. The van der Waals surface area contributed by atoms with Crippen molar-refractivity contribution in [2.45, 2.75) is 31.7 Å². The van der Waals surface area contributed by atoms with Gasteiger partial charge in [0.25, 0.3) is 5.91 Å². The fraction of sp³-hybridized carbons (Fsp3) is 0.692. The molecule has 1 aliphatic rings. The van der Waals surface area contributed by atoms with Crippen molar-refractivity contribution in [3.05, 3.63) is 11.8 Å². The molecule has 106 valence electrons. The van der Waals surface area contributed by atoms with Crippen molar-refractivity contribution in [1.82, 2.24) is 14.7 Å². The van der Waals surface area contributed by atoms with Crippen LogP contribution in [0.4, 0.5) is 0 Å². The first-order chi connectivity index (χ1) is 9.17. The Kier molecular flexibility index (Phi) is 4.85. The average Bonchev–Trinajstić information content (AvgIpc) is 2.80. The highest BCUT2D eigenvalue weighted by Crippen LogP contribution is 2.23. The van der Waals surface area contributed by atoms with E-state index in [4.69, 9.17) is 4.74 Å². The molecule has 1 atom stereocenters. The standard InChI is InChI=1S/C13H20BrN3O2/c1-16-12(19-2)9-11(15-16)13(18)17-8-4-3-5-10(17)6-7-14/h9-10H,3-8H2,1-2H3. The van der Waals surface area contributed by atoms with Crippen LogP contribution >= 0.6 is 15.9 Å². The number of piperidine rings is 1. The van der Waals surface area contributed by atoms with Crippen molar-refractivity contribution in [2.24, 2.45) is 7.05 Å². The third kappa shape index (κ3) is 3.11. The second kappa shape index (κ2) is 6.41. The number of hydrogen-bond acceptors (Lipinski definition) is 3. The van der Waals surface area contributed by atoms with Crippen molar-refractivity contribution in [2.75, 3.05) is 19.0 Å². The fourth-order valence-electron chi connectivity index (χ4n) is 2.59. The molecule has 0 radical (unpaired) electrons. The lowest BCUT2D eigenvalue weighted by Gasteiger charge is -2.35. The summed E-state index contributed by atoms with van der Waals surface area (Å²) in [5.41, 5.74) is 0.473. The van der Waals surface area contributed by atoms with Crippen LogP contribution in [0.1, 0.15) is 36.2 Å². The summed E-state index contributed by atoms with van der Waals surface area (Å²) in [5.74, 6) is 0.627.